The number of nitrogens with one attached hydrogen (secondary N) is 1. The fourth-order valence-electron chi connectivity index (χ4n) is 2.77. The molecule has 1 N–H and O–H groups in total. The van der Waals surface area contributed by atoms with Crippen LogP contribution in [0.2, 0.25) is 0 Å². The molecule has 2 aromatic rings. The Morgan fingerprint density at radius 1 is 1.48 bits per heavy atom. The monoisotopic (exact) mass is 313 g/mol. The first-order valence-electron chi connectivity index (χ1n) is 7.92. The Kier molecular flexibility index (Phi) is 4.39. The maximum atomic E-state index is 13.8. The van der Waals surface area contributed by atoms with E-state index in [-0.39, 0.29) is 11.9 Å². The average molecular weight is 313 g/mol. The van der Waals surface area contributed by atoms with E-state index in [4.69, 9.17) is 5.26 Å². The molecule has 0 spiro atoms. The second-order valence-corrected chi connectivity index (χ2v) is 6.26. The van der Waals surface area contributed by atoms with Gasteiger partial charge >= 0.3 is 0 Å². The van der Waals surface area contributed by atoms with Crippen LogP contribution < -0.4 is 5.32 Å². The third kappa shape index (κ3) is 3.40. The molecule has 0 unspecified atom stereocenters. The van der Waals surface area contributed by atoms with Gasteiger partial charge in [-0.05, 0) is 24.6 Å². The average Bonchev–Trinajstić information content (AvgIpc) is 2.97. The second-order valence-electron chi connectivity index (χ2n) is 6.26. The third-order valence-corrected chi connectivity index (χ3v) is 4.15. The molecule has 1 aliphatic heterocycles. The van der Waals surface area contributed by atoms with Crippen LogP contribution in [0.5, 0.6) is 0 Å². The minimum atomic E-state index is -0.282. The van der Waals surface area contributed by atoms with Crippen molar-refractivity contribution in [2.24, 2.45) is 0 Å². The zero-order chi connectivity index (χ0) is 16.4. The van der Waals surface area contributed by atoms with Gasteiger partial charge in [0.25, 0.3) is 0 Å². The summed E-state index contributed by atoms with van der Waals surface area (Å²) in [5, 5.41) is 16.8. The zero-order valence-corrected chi connectivity index (χ0v) is 13.4. The molecule has 2 heterocycles. The van der Waals surface area contributed by atoms with E-state index in [0.717, 1.165) is 31.0 Å². The first-order valence-corrected chi connectivity index (χ1v) is 7.92. The lowest BCUT2D eigenvalue weighted by Gasteiger charge is -2.23. The summed E-state index contributed by atoms with van der Waals surface area (Å²) in [6.45, 7) is 5.33. The van der Waals surface area contributed by atoms with Crippen LogP contribution in [0.3, 0.4) is 0 Å². The molecule has 1 aromatic carbocycles. The van der Waals surface area contributed by atoms with Gasteiger partial charge in [0.1, 0.15) is 11.6 Å². The number of hydrogen-bond acceptors (Lipinski definition) is 4. The molecule has 1 aromatic heterocycles. The summed E-state index contributed by atoms with van der Waals surface area (Å²) in [4.78, 5) is 4.57. The Hall–Kier alpha value is -2.26. The van der Waals surface area contributed by atoms with Gasteiger partial charge in [-0.1, -0.05) is 13.8 Å². The number of benzene rings is 1. The summed E-state index contributed by atoms with van der Waals surface area (Å²) in [6, 6.07) is 6.72. The van der Waals surface area contributed by atoms with Crippen molar-refractivity contribution in [2.45, 2.75) is 51.7 Å². The molecule has 1 aliphatic rings. The first kappa shape index (κ1) is 15.6. The number of hydrogen-bond donors (Lipinski definition) is 1. The Morgan fingerprint density at radius 2 is 2.30 bits per heavy atom. The SMILES string of the molecule is CC(C)c1nc2n(n1)C[C@H](NCc1cc(C#N)ccc1F)CC2. The quantitative estimate of drug-likeness (QED) is 0.942. The first-order chi connectivity index (χ1) is 11.1. The Balaban J connectivity index is 1.65. The van der Waals surface area contributed by atoms with Crippen LogP contribution in [-0.4, -0.2) is 20.8 Å². The van der Waals surface area contributed by atoms with Crippen LogP contribution in [0.4, 0.5) is 4.39 Å². The van der Waals surface area contributed by atoms with Gasteiger partial charge in [-0.3, -0.25) is 0 Å². The lowest BCUT2D eigenvalue weighted by molar-refractivity contribution is 0.355. The second kappa shape index (κ2) is 6.47. The molecule has 23 heavy (non-hydrogen) atoms. The van der Waals surface area contributed by atoms with Crippen LogP contribution in [0, 0.1) is 17.1 Å². The number of nitriles is 1. The van der Waals surface area contributed by atoms with Crippen molar-refractivity contribution < 1.29 is 4.39 Å². The van der Waals surface area contributed by atoms with Crippen molar-refractivity contribution in [1.82, 2.24) is 20.1 Å². The lowest BCUT2D eigenvalue weighted by atomic mass is 10.1. The summed E-state index contributed by atoms with van der Waals surface area (Å²) in [6.07, 6.45) is 1.83. The van der Waals surface area contributed by atoms with E-state index < -0.39 is 0 Å². The molecule has 0 bridgehead atoms. The molecule has 3 rings (SSSR count). The topological polar surface area (TPSA) is 66.5 Å². The highest BCUT2D eigenvalue weighted by atomic mass is 19.1. The van der Waals surface area contributed by atoms with Crippen molar-refractivity contribution in [3.63, 3.8) is 0 Å². The minimum Gasteiger partial charge on any atom is -0.308 e. The van der Waals surface area contributed by atoms with Crippen LogP contribution in [0.25, 0.3) is 0 Å². The predicted molar refractivity (Wildman–Crippen MR) is 84.2 cm³/mol. The molecule has 5 nitrogen and oxygen atoms in total. The molecule has 1 atom stereocenters. The lowest BCUT2D eigenvalue weighted by Crippen LogP contribution is -2.37. The van der Waals surface area contributed by atoms with Gasteiger partial charge in [0.15, 0.2) is 5.82 Å². The fourth-order valence-corrected chi connectivity index (χ4v) is 2.77. The molecular formula is C17H20FN5. The maximum absolute atomic E-state index is 13.8. The molecule has 0 aliphatic carbocycles. The number of rotatable bonds is 4. The summed E-state index contributed by atoms with van der Waals surface area (Å²) < 4.78 is 15.8. The van der Waals surface area contributed by atoms with Crippen LogP contribution in [0.15, 0.2) is 18.2 Å². The van der Waals surface area contributed by atoms with Crippen molar-refractivity contribution in [3.05, 3.63) is 46.8 Å². The Bertz CT molecular complexity index is 744. The highest BCUT2D eigenvalue weighted by molar-refractivity contribution is 5.33. The van der Waals surface area contributed by atoms with Crippen molar-refractivity contribution in [3.8, 4) is 6.07 Å². The number of aromatic nitrogens is 3. The summed E-state index contributed by atoms with van der Waals surface area (Å²) in [5.74, 6) is 1.95. The molecule has 0 radical (unpaired) electrons. The standard InChI is InChI=1S/C17H20FN5/c1-11(2)17-21-16-6-4-14(10-23(16)22-17)20-9-13-7-12(8-19)3-5-15(13)18/h3,5,7,11,14,20H,4,6,9-10H2,1-2H3/t14-/m1/s1. The Morgan fingerprint density at radius 3 is 3.04 bits per heavy atom. The van der Waals surface area contributed by atoms with Gasteiger partial charge in [0, 0.05) is 30.5 Å². The molecule has 0 saturated heterocycles. The van der Waals surface area contributed by atoms with E-state index in [2.05, 4.69) is 29.2 Å². The van der Waals surface area contributed by atoms with E-state index in [1.165, 1.54) is 12.1 Å². The van der Waals surface area contributed by atoms with E-state index in [1.807, 2.05) is 10.8 Å². The smallest absolute Gasteiger partial charge is 0.153 e. The Labute approximate surface area is 135 Å². The normalized spacial score (nSPS) is 17.1. The van der Waals surface area contributed by atoms with Crippen molar-refractivity contribution >= 4 is 0 Å². The minimum absolute atomic E-state index is 0.231. The van der Waals surface area contributed by atoms with Gasteiger partial charge in [-0.25, -0.2) is 14.1 Å². The van der Waals surface area contributed by atoms with Gasteiger partial charge in [0.2, 0.25) is 0 Å². The van der Waals surface area contributed by atoms with Crippen molar-refractivity contribution in [2.75, 3.05) is 0 Å². The number of fused-ring (bicyclic) bond motifs is 1. The van der Waals surface area contributed by atoms with E-state index >= 15 is 0 Å². The molecule has 0 amide bonds. The number of aryl methyl sites for hydroxylation is 1. The molecular weight excluding hydrogens is 293 g/mol. The molecule has 120 valence electrons. The highest BCUT2D eigenvalue weighted by Gasteiger charge is 2.22. The van der Waals surface area contributed by atoms with Gasteiger partial charge in [0.05, 0.1) is 18.2 Å². The van der Waals surface area contributed by atoms with E-state index in [9.17, 15) is 4.39 Å². The van der Waals surface area contributed by atoms with Crippen LogP contribution in [0.1, 0.15) is 49.0 Å². The van der Waals surface area contributed by atoms with E-state index in [1.54, 1.807) is 6.07 Å². The van der Waals surface area contributed by atoms with Crippen LogP contribution in [-0.2, 0) is 19.5 Å². The summed E-state index contributed by atoms with van der Waals surface area (Å²) in [7, 11) is 0. The highest BCUT2D eigenvalue weighted by Crippen LogP contribution is 2.18. The van der Waals surface area contributed by atoms with Crippen molar-refractivity contribution in [1.29, 1.82) is 5.26 Å². The third-order valence-electron chi connectivity index (χ3n) is 4.15. The molecule has 0 saturated carbocycles. The number of halogens is 1. The zero-order valence-electron chi connectivity index (χ0n) is 13.4. The number of nitrogens with zero attached hydrogens (tertiary/aromatic N) is 4. The predicted octanol–water partition coefficient (Wildman–Crippen LogP) is 2.52. The molecule has 0 fully saturated rings. The van der Waals surface area contributed by atoms with Gasteiger partial charge in [-0.2, -0.15) is 10.4 Å². The largest absolute Gasteiger partial charge is 0.308 e. The fraction of sp³-hybridized carbons (Fsp3) is 0.471. The van der Waals surface area contributed by atoms with E-state index in [0.29, 0.717) is 23.6 Å². The van der Waals surface area contributed by atoms with Gasteiger partial charge < -0.3 is 5.32 Å². The van der Waals surface area contributed by atoms with Crippen LogP contribution >= 0.6 is 0 Å². The summed E-state index contributed by atoms with van der Waals surface area (Å²) >= 11 is 0. The molecule has 6 heteroatoms. The van der Waals surface area contributed by atoms with Gasteiger partial charge in [-0.15, -0.1) is 0 Å². The summed E-state index contributed by atoms with van der Waals surface area (Å²) in [5.41, 5.74) is 1.00. The maximum Gasteiger partial charge on any atom is 0.153 e.